The van der Waals surface area contributed by atoms with Crippen LogP contribution >= 0.6 is 22.6 Å². The number of nitrogens with two attached hydrogens (primary N) is 1. The fourth-order valence-corrected chi connectivity index (χ4v) is 2.25. The molecule has 0 amide bonds. The van der Waals surface area contributed by atoms with Crippen molar-refractivity contribution in [3.63, 3.8) is 0 Å². The van der Waals surface area contributed by atoms with Gasteiger partial charge in [0.05, 0.1) is 26.5 Å². The van der Waals surface area contributed by atoms with Crippen molar-refractivity contribution in [1.29, 1.82) is 0 Å². The number of nitrogens with zero attached hydrogens (tertiary/aromatic N) is 2. The molecule has 2 rings (SSSR count). The smallest absolute Gasteiger partial charge is 0.240 e. The number of benzene rings is 1. The van der Waals surface area contributed by atoms with Gasteiger partial charge in [-0.15, -0.1) is 0 Å². The van der Waals surface area contributed by atoms with Gasteiger partial charge < -0.3 is 15.2 Å². The van der Waals surface area contributed by atoms with E-state index in [1.165, 1.54) is 20.4 Å². The van der Waals surface area contributed by atoms with Gasteiger partial charge in [0.15, 0.2) is 0 Å². The second kappa shape index (κ2) is 6.16. The largest absolute Gasteiger partial charge is 0.480 e. The van der Waals surface area contributed by atoms with Crippen molar-refractivity contribution >= 4 is 22.6 Å². The first-order valence-electron chi connectivity index (χ1n) is 5.61. The molecule has 100 valence electrons. The van der Waals surface area contributed by atoms with Crippen LogP contribution in [0.4, 0.5) is 0 Å². The van der Waals surface area contributed by atoms with Gasteiger partial charge in [0, 0.05) is 3.57 Å². The van der Waals surface area contributed by atoms with Gasteiger partial charge in [-0.3, -0.25) is 0 Å². The van der Waals surface area contributed by atoms with Crippen LogP contribution in [0, 0.1) is 3.57 Å². The highest BCUT2D eigenvalue weighted by atomic mass is 127. The molecule has 6 heteroatoms. The van der Waals surface area contributed by atoms with E-state index in [0.717, 1.165) is 9.13 Å². The summed E-state index contributed by atoms with van der Waals surface area (Å²) in [4.78, 5) is 8.48. The Kier molecular flexibility index (Phi) is 4.54. The topological polar surface area (TPSA) is 70.3 Å². The summed E-state index contributed by atoms with van der Waals surface area (Å²) in [6.07, 6.45) is 1.53. The van der Waals surface area contributed by atoms with Crippen molar-refractivity contribution in [2.75, 3.05) is 14.2 Å². The van der Waals surface area contributed by atoms with Crippen molar-refractivity contribution in [3.05, 3.63) is 45.3 Å². The van der Waals surface area contributed by atoms with Crippen molar-refractivity contribution < 1.29 is 9.47 Å². The van der Waals surface area contributed by atoms with Crippen LogP contribution in [0.3, 0.4) is 0 Å². The third-order valence-electron chi connectivity index (χ3n) is 2.65. The summed E-state index contributed by atoms with van der Waals surface area (Å²) in [6, 6.07) is 7.55. The normalized spacial score (nSPS) is 12.0. The maximum Gasteiger partial charge on any atom is 0.240 e. The molecule has 0 bridgehead atoms. The summed E-state index contributed by atoms with van der Waals surface area (Å²) in [5.41, 5.74) is 7.78. The Morgan fingerprint density at radius 2 is 2.05 bits per heavy atom. The Balaban J connectivity index is 2.40. The van der Waals surface area contributed by atoms with Crippen LogP contribution in [-0.2, 0) is 0 Å². The summed E-state index contributed by atoms with van der Waals surface area (Å²) in [6.45, 7) is 0. The SMILES string of the molecule is COc1cnc(C(N)c2cccc(I)c2)c(OC)n1. The van der Waals surface area contributed by atoms with E-state index in [4.69, 9.17) is 15.2 Å². The molecule has 19 heavy (non-hydrogen) atoms. The molecule has 0 aliphatic carbocycles. The number of ether oxygens (including phenoxy) is 2. The van der Waals surface area contributed by atoms with E-state index in [1.54, 1.807) is 0 Å². The molecular weight excluding hydrogens is 357 g/mol. The Hall–Kier alpha value is -1.41. The number of aromatic nitrogens is 2. The van der Waals surface area contributed by atoms with Crippen LogP contribution in [0.1, 0.15) is 17.3 Å². The minimum Gasteiger partial charge on any atom is -0.480 e. The highest BCUT2D eigenvalue weighted by Crippen LogP contribution is 2.27. The van der Waals surface area contributed by atoms with Crippen LogP contribution in [0.5, 0.6) is 11.8 Å². The fraction of sp³-hybridized carbons (Fsp3) is 0.231. The van der Waals surface area contributed by atoms with E-state index >= 15 is 0 Å². The zero-order chi connectivity index (χ0) is 13.8. The van der Waals surface area contributed by atoms with E-state index in [9.17, 15) is 0 Å². The Morgan fingerprint density at radius 1 is 1.26 bits per heavy atom. The first kappa shape index (κ1) is 14.0. The second-order valence-electron chi connectivity index (χ2n) is 3.84. The first-order valence-corrected chi connectivity index (χ1v) is 6.69. The van der Waals surface area contributed by atoms with Gasteiger partial charge >= 0.3 is 0 Å². The molecule has 2 N–H and O–H groups in total. The number of rotatable bonds is 4. The molecule has 0 aliphatic rings. The number of hydrogen-bond donors (Lipinski definition) is 1. The lowest BCUT2D eigenvalue weighted by molar-refractivity contribution is 0.355. The molecule has 1 aromatic carbocycles. The molecular formula is C13H14IN3O2. The van der Waals surface area contributed by atoms with Crippen LogP contribution in [-0.4, -0.2) is 24.2 Å². The highest BCUT2D eigenvalue weighted by molar-refractivity contribution is 14.1. The number of halogens is 1. The van der Waals surface area contributed by atoms with Crippen LogP contribution in [0.15, 0.2) is 30.5 Å². The maximum atomic E-state index is 6.23. The predicted octanol–water partition coefficient (Wildman–Crippen LogP) is 2.15. The second-order valence-corrected chi connectivity index (χ2v) is 5.09. The van der Waals surface area contributed by atoms with Gasteiger partial charge in [-0.2, -0.15) is 4.98 Å². The number of hydrogen-bond acceptors (Lipinski definition) is 5. The van der Waals surface area contributed by atoms with Crippen molar-refractivity contribution in [2.24, 2.45) is 5.73 Å². The zero-order valence-electron chi connectivity index (χ0n) is 10.6. The lowest BCUT2D eigenvalue weighted by Crippen LogP contribution is -2.16. The van der Waals surface area contributed by atoms with Gasteiger partial charge in [-0.05, 0) is 40.3 Å². The fourth-order valence-electron chi connectivity index (χ4n) is 1.69. The summed E-state index contributed by atoms with van der Waals surface area (Å²) in [5, 5.41) is 0. The van der Waals surface area contributed by atoms with Crippen LogP contribution in [0.2, 0.25) is 0 Å². The maximum absolute atomic E-state index is 6.23. The molecule has 1 unspecified atom stereocenters. The van der Waals surface area contributed by atoms with Crippen molar-refractivity contribution in [1.82, 2.24) is 9.97 Å². The lowest BCUT2D eigenvalue weighted by Gasteiger charge is -2.15. The van der Waals surface area contributed by atoms with E-state index in [-0.39, 0.29) is 6.04 Å². The van der Waals surface area contributed by atoms with Crippen LogP contribution in [0.25, 0.3) is 0 Å². The molecule has 0 spiro atoms. The predicted molar refractivity (Wildman–Crippen MR) is 80.3 cm³/mol. The lowest BCUT2D eigenvalue weighted by atomic mass is 10.1. The van der Waals surface area contributed by atoms with E-state index in [0.29, 0.717) is 17.5 Å². The molecule has 0 radical (unpaired) electrons. The Bertz CT molecular complexity index is 578. The summed E-state index contributed by atoms with van der Waals surface area (Å²) in [7, 11) is 3.07. The number of methoxy groups -OCH3 is 2. The highest BCUT2D eigenvalue weighted by Gasteiger charge is 2.18. The van der Waals surface area contributed by atoms with E-state index in [2.05, 4.69) is 32.6 Å². The molecule has 1 atom stereocenters. The summed E-state index contributed by atoms with van der Waals surface area (Å²) >= 11 is 2.24. The molecule has 5 nitrogen and oxygen atoms in total. The molecule has 0 fully saturated rings. The Morgan fingerprint density at radius 3 is 2.68 bits per heavy atom. The van der Waals surface area contributed by atoms with Gasteiger partial charge in [0.2, 0.25) is 11.8 Å². The molecule has 1 aromatic heterocycles. The third-order valence-corrected chi connectivity index (χ3v) is 3.32. The van der Waals surface area contributed by atoms with Crippen molar-refractivity contribution in [2.45, 2.75) is 6.04 Å². The first-order chi connectivity index (χ1) is 9.15. The quantitative estimate of drug-likeness (QED) is 0.835. The average molecular weight is 371 g/mol. The molecule has 0 saturated heterocycles. The van der Waals surface area contributed by atoms with Gasteiger partial charge in [-0.1, -0.05) is 12.1 Å². The standard InChI is InChI=1S/C13H14IN3O2/c1-18-10-7-16-12(13(17-10)19-2)11(15)8-4-3-5-9(14)6-8/h3-7,11H,15H2,1-2H3. The Labute approximate surface area is 125 Å². The molecule has 1 heterocycles. The zero-order valence-corrected chi connectivity index (χ0v) is 12.8. The van der Waals surface area contributed by atoms with Crippen molar-refractivity contribution in [3.8, 4) is 11.8 Å². The van der Waals surface area contributed by atoms with E-state index in [1.807, 2.05) is 24.3 Å². The minimum absolute atomic E-state index is 0.380. The van der Waals surface area contributed by atoms with Crippen LogP contribution < -0.4 is 15.2 Å². The molecule has 0 aliphatic heterocycles. The monoisotopic (exact) mass is 371 g/mol. The van der Waals surface area contributed by atoms with Gasteiger partial charge in [0.1, 0.15) is 5.69 Å². The average Bonchev–Trinajstić information content (AvgIpc) is 2.45. The molecule has 2 aromatic rings. The molecule has 0 saturated carbocycles. The van der Waals surface area contributed by atoms with Gasteiger partial charge in [0.25, 0.3) is 0 Å². The summed E-state index contributed by atoms with van der Waals surface area (Å²) < 4.78 is 11.4. The third kappa shape index (κ3) is 3.13. The van der Waals surface area contributed by atoms with E-state index < -0.39 is 0 Å². The summed E-state index contributed by atoms with van der Waals surface area (Å²) in [5.74, 6) is 0.779. The van der Waals surface area contributed by atoms with Gasteiger partial charge in [-0.25, -0.2) is 4.98 Å². The minimum atomic E-state index is -0.386.